The zero-order valence-electron chi connectivity index (χ0n) is 13.7. The Bertz CT molecular complexity index is 695. The SMILES string of the molecule is Cc1ncsc1C(=O)N(C)C[C@@H]1C[C@H](F)CN1Cc1cncnc1. The minimum atomic E-state index is -0.867. The molecule has 3 heterocycles. The third-order valence-corrected chi connectivity index (χ3v) is 5.16. The average molecular weight is 349 g/mol. The fourth-order valence-electron chi connectivity index (χ4n) is 3.03. The number of nitrogens with zero attached hydrogens (tertiary/aromatic N) is 5. The lowest BCUT2D eigenvalue weighted by Crippen LogP contribution is -2.40. The molecule has 1 aliphatic rings. The lowest BCUT2D eigenvalue weighted by Gasteiger charge is -2.28. The predicted octanol–water partition coefficient (Wildman–Crippen LogP) is 1.93. The molecular formula is C16H20FN5OS. The minimum Gasteiger partial charge on any atom is -0.339 e. The second-order valence-electron chi connectivity index (χ2n) is 6.12. The van der Waals surface area contributed by atoms with Gasteiger partial charge in [-0.2, -0.15) is 0 Å². The van der Waals surface area contributed by atoms with Gasteiger partial charge in [0.05, 0.1) is 11.2 Å². The highest BCUT2D eigenvalue weighted by atomic mass is 32.1. The van der Waals surface area contributed by atoms with Crippen molar-refractivity contribution in [3.8, 4) is 0 Å². The number of carbonyl (C=O) groups excluding carboxylic acids is 1. The maximum Gasteiger partial charge on any atom is 0.265 e. The number of aryl methyl sites for hydroxylation is 1. The predicted molar refractivity (Wildman–Crippen MR) is 89.6 cm³/mol. The topological polar surface area (TPSA) is 62.2 Å². The summed E-state index contributed by atoms with van der Waals surface area (Å²) in [5, 5.41) is 0. The number of thiazole rings is 1. The third kappa shape index (κ3) is 3.76. The van der Waals surface area contributed by atoms with Crippen molar-refractivity contribution in [3.05, 3.63) is 40.4 Å². The van der Waals surface area contributed by atoms with Crippen LogP contribution in [0.1, 0.15) is 27.3 Å². The van der Waals surface area contributed by atoms with Crippen LogP contribution < -0.4 is 0 Å². The van der Waals surface area contributed by atoms with E-state index in [1.807, 2.05) is 6.92 Å². The number of halogens is 1. The number of alkyl halides is 1. The Balaban J connectivity index is 1.66. The molecule has 2 aromatic rings. The molecule has 1 fully saturated rings. The van der Waals surface area contributed by atoms with Gasteiger partial charge in [0.25, 0.3) is 5.91 Å². The normalized spacial score (nSPS) is 21.1. The third-order valence-electron chi connectivity index (χ3n) is 4.25. The van der Waals surface area contributed by atoms with Gasteiger partial charge in [-0.1, -0.05) is 0 Å². The first kappa shape index (κ1) is 16.9. The summed E-state index contributed by atoms with van der Waals surface area (Å²) in [5.41, 5.74) is 3.36. The zero-order valence-corrected chi connectivity index (χ0v) is 14.5. The average Bonchev–Trinajstić information content (AvgIpc) is 3.13. The molecule has 2 aromatic heterocycles. The van der Waals surface area contributed by atoms with E-state index in [0.717, 1.165) is 11.3 Å². The number of carbonyl (C=O) groups is 1. The van der Waals surface area contributed by atoms with Crippen molar-refractivity contribution in [2.75, 3.05) is 20.1 Å². The van der Waals surface area contributed by atoms with Crippen molar-refractivity contribution in [1.82, 2.24) is 24.8 Å². The van der Waals surface area contributed by atoms with Crippen LogP contribution in [0.5, 0.6) is 0 Å². The number of amides is 1. The molecule has 1 aliphatic heterocycles. The van der Waals surface area contributed by atoms with Gasteiger partial charge in [0.15, 0.2) is 0 Å². The highest BCUT2D eigenvalue weighted by Crippen LogP contribution is 2.24. The van der Waals surface area contributed by atoms with Gasteiger partial charge in [-0.3, -0.25) is 9.69 Å². The maximum absolute atomic E-state index is 13.9. The van der Waals surface area contributed by atoms with Crippen LogP contribution in [0.3, 0.4) is 0 Å². The number of likely N-dealkylation sites (N-methyl/N-ethyl adjacent to an activating group) is 1. The zero-order chi connectivity index (χ0) is 17.1. The molecule has 0 unspecified atom stereocenters. The fourth-order valence-corrected chi connectivity index (χ4v) is 3.83. The standard InChI is InChI=1S/C16H20FN5OS/c1-11-15(24-10-20-11)16(23)21(2)8-14-3-13(17)7-22(14)6-12-4-18-9-19-5-12/h4-5,9-10,13-14H,3,6-8H2,1-2H3/t13-,14-/m0/s1. The van der Waals surface area contributed by atoms with E-state index in [9.17, 15) is 9.18 Å². The number of rotatable bonds is 5. The maximum atomic E-state index is 13.9. The number of hydrogen-bond acceptors (Lipinski definition) is 6. The van der Waals surface area contributed by atoms with Crippen molar-refractivity contribution in [2.24, 2.45) is 0 Å². The first-order valence-electron chi connectivity index (χ1n) is 7.82. The summed E-state index contributed by atoms with van der Waals surface area (Å²) in [6.07, 6.45) is 4.53. The Morgan fingerprint density at radius 3 is 2.88 bits per heavy atom. The van der Waals surface area contributed by atoms with Crippen LogP contribution in [0.4, 0.5) is 4.39 Å². The molecule has 0 aliphatic carbocycles. The van der Waals surface area contributed by atoms with Crippen LogP contribution in [0.25, 0.3) is 0 Å². The van der Waals surface area contributed by atoms with Gasteiger partial charge in [0.1, 0.15) is 17.4 Å². The first-order chi connectivity index (χ1) is 11.5. The second-order valence-corrected chi connectivity index (χ2v) is 6.97. The van der Waals surface area contributed by atoms with Crippen molar-refractivity contribution in [2.45, 2.75) is 32.1 Å². The van der Waals surface area contributed by atoms with E-state index < -0.39 is 6.17 Å². The van der Waals surface area contributed by atoms with Gasteiger partial charge in [-0.25, -0.2) is 19.3 Å². The molecule has 128 valence electrons. The summed E-state index contributed by atoms with van der Waals surface area (Å²) in [5.74, 6) is -0.0553. The smallest absolute Gasteiger partial charge is 0.265 e. The molecule has 1 saturated heterocycles. The summed E-state index contributed by atoms with van der Waals surface area (Å²) >= 11 is 1.34. The Hall–Kier alpha value is -1.93. The summed E-state index contributed by atoms with van der Waals surface area (Å²) in [4.78, 5) is 29.0. The van der Waals surface area contributed by atoms with E-state index in [1.54, 1.807) is 29.9 Å². The van der Waals surface area contributed by atoms with Gasteiger partial charge >= 0.3 is 0 Å². The summed E-state index contributed by atoms with van der Waals surface area (Å²) in [6, 6.07) is -0.0117. The molecule has 0 N–H and O–H groups in total. The van der Waals surface area contributed by atoms with Crippen LogP contribution in [0.2, 0.25) is 0 Å². The van der Waals surface area contributed by atoms with E-state index in [2.05, 4.69) is 19.9 Å². The van der Waals surface area contributed by atoms with E-state index in [0.29, 0.717) is 30.9 Å². The Labute approximate surface area is 144 Å². The lowest BCUT2D eigenvalue weighted by molar-refractivity contribution is 0.0753. The lowest BCUT2D eigenvalue weighted by atomic mass is 10.2. The second kappa shape index (κ2) is 7.31. The molecule has 0 spiro atoms. The number of aromatic nitrogens is 3. The molecule has 1 amide bonds. The van der Waals surface area contributed by atoms with Crippen molar-refractivity contribution >= 4 is 17.2 Å². The first-order valence-corrected chi connectivity index (χ1v) is 8.70. The molecule has 0 saturated carbocycles. The van der Waals surface area contributed by atoms with E-state index in [-0.39, 0.29) is 11.9 Å². The van der Waals surface area contributed by atoms with Crippen molar-refractivity contribution in [1.29, 1.82) is 0 Å². The quantitative estimate of drug-likeness (QED) is 0.825. The van der Waals surface area contributed by atoms with Crippen LogP contribution in [-0.4, -0.2) is 63.0 Å². The van der Waals surface area contributed by atoms with Gasteiger partial charge in [0, 0.05) is 50.7 Å². The minimum absolute atomic E-state index is 0.0117. The molecule has 3 rings (SSSR count). The van der Waals surface area contributed by atoms with Crippen LogP contribution >= 0.6 is 11.3 Å². The molecule has 0 radical (unpaired) electrons. The molecule has 24 heavy (non-hydrogen) atoms. The van der Waals surface area contributed by atoms with E-state index in [1.165, 1.54) is 17.7 Å². The largest absolute Gasteiger partial charge is 0.339 e. The Morgan fingerprint density at radius 1 is 1.46 bits per heavy atom. The van der Waals surface area contributed by atoms with E-state index in [4.69, 9.17) is 0 Å². The Kier molecular flexibility index (Phi) is 5.15. The van der Waals surface area contributed by atoms with Crippen LogP contribution in [-0.2, 0) is 6.54 Å². The molecule has 0 bridgehead atoms. The van der Waals surface area contributed by atoms with Gasteiger partial charge in [-0.05, 0) is 13.3 Å². The fraction of sp³-hybridized carbons (Fsp3) is 0.500. The highest BCUT2D eigenvalue weighted by Gasteiger charge is 2.34. The molecular weight excluding hydrogens is 329 g/mol. The number of likely N-dealkylation sites (tertiary alicyclic amines) is 1. The molecule has 2 atom stereocenters. The van der Waals surface area contributed by atoms with Gasteiger partial charge < -0.3 is 4.90 Å². The summed E-state index contributed by atoms with van der Waals surface area (Å²) < 4.78 is 13.9. The van der Waals surface area contributed by atoms with Gasteiger partial charge in [0.2, 0.25) is 0 Å². The van der Waals surface area contributed by atoms with Crippen LogP contribution in [0.15, 0.2) is 24.2 Å². The monoisotopic (exact) mass is 349 g/mol. The van der Waals surface area contributed by atoms with Crippen LogP contribution in [0, 0.1) is 6.92 Å². The molecule has 0 aromatic carbocycles. The van der Waals surface area contributed by atoms with E-state index >= 15 is 0 Å². The van der Waals surface area contributed by atoms with Gasteiger partial charge in [-0.15, -0.1) is 11.3 Å². The summed E-state index contributed by atoms with van der Waals surface area (Å²) in [7, 11) is 1.76. The highest BCUT2D eigenvalue weighted by molar-refractivity contribution is 7.11. The molecule has 6 nitrogen and oxygen atoms in total. The van der Waals surface area contributed by atoms with Crippen molar-refractivity contribution in [3.63, 3.8) is 0 Å². The molecule has 8 heteroatoms. The van der Waals surface area contributed by atoms with Crippen molar-refractivity contribution < 1.29 is 9.18 Å². The Morgan fingerprint density at radius 2 is 2.21 bits per heavy atom. The number of hydrogen-bond donors (Lipinski definition) is 0. The summed E-state index contributed by atoms with van der Waals surface area (Å²) in [6.45, 7) is 3.28.